The fourth-order valence-corrected chi connectivity index (χ4v) is 8.41. The Bertz CT molecular complexity index is 3530. The minimum absolute atomic E-state index is 0.562. The van der Waals surface area contributed by atoms with Gasteiger partial charge in [-0.3, -0.25) is 0 Å². The molecule has 0 unspecified atom stereocenters. The van der Waals surface area contributed by atoms with Gasteiger partial charge in [-0.2, -0.15) is 0 Å². The predicted molar refractivity (Wildman–Crippen MR) is 230 cm³/mol. The number of furan rings is 2. The molecule has 0 amide bonds. The van der Waals surface area contributed by atoms with E-state index in [0.29, 0.717) is 17.5 Å². The quantitative estimate of drug-likeness (QED) is 0.176. The van der Waals surface area contributed by atoms with E-state index in [1.165, 1.54) is 5.56 Å². The number of para-hydroxylation sites is 2. The van der Waals surface area contributed by atoms with Crippen LogP contribution in [0.2, 0.25) is 0 Å². The van der Waals surface area contributed by atoms with Crippen LogP contribution in [0.3, 0.4) is 0 Å². The number of aromatic nitrogens is 4. The van der Waals surface area contributed by atoms with Crippen molar-refractivity contribution in [2.45, 2.75) is 0 Å². The van der Waals surface area contributed by atoms with E-state index in [0.717, 1.165) is 93.6 Å². The first-order chi connectivity index (χ1) is 28.2. The normalized spacial score (nSPS) is 11.9. The summed E-state index contributed by atoms with van der Waals surface area (Å²) in [5, 5.41) is 6.36. The number of hydrogen-bond donors (Lipinski definition) is 0. The number of hydrogen-bond acceptors (Lipinski definition) is 5. The Morgan fingerprint density at radius 2 is 0.965 bits per heavy atom. The molecule has 0 saturated carbocycles. The van der Waals surface area contributed by atoms with Gasteiger partial charge in [0.25, 0.3) is 0 Å². The summed E-state index contributed by atoms with van der Waals surface area (Å²) >= 11 is 0. The van der Waals surface area contributed by atoms with Crippen molar-refractivity contribution < 1.29 is 8.83 Å². The Hall–Kier alpha value is -7.83. The van der Waals surface area contributed by atoms with Gasteiger partial charge in [0.05, 0.1) is 11.0 Å². The molecule has 8 aromatic carbocycles. The van der Waals surface area contributed by atoms with Gasteiger partial charge in [0.1, 0.15) is 22.3 Å². The van der Waals surface area contributed by atoms with Crippen molar-refractivity contribution in [3.8, 4) is 51.0 Å². The van der Waals surface area contributed by atoms with Crippen molar-refractivity contribution in [2.75, 3.05) is 0 Å². The number of fused-ring (bicyclic) bond motifs is 9. The average molecular weight is 731 g/mol. The SMILES string of the molecule is c1ccc(-c2cccc(-n3c4ccccc4c4cc5oc6cccc(-c7nc(-c8ccccc8)nc(-c8ccc9c(c8)oc8ccccc89)n7)c6c5cc43)c2)cc1. The largest absolute Gasteiger partial charge is 0.456 e. The Morgan fingerprint density at radius 3 is 1.82 bits per heavy atom. The number of benzene rings is 8. The highest BCUT2D eigenvalue weighted by Gasteiger charge is 2.21. The molecule has 12 aromatic rings. The molecule has 0 radical (unpaired) electrons. The lowest BCUT2D eigenvalue weighted by Crippen LogP contribution is -2.00. The van der Waals surface area contributed by atoms with Gasteiger partial charge in [0.2, 0.25) is 0 Å². The molecule has 57 heavy (non-hydrogen) atoms. The molecule has 0 bridgehead atoms. The van der Waals surface area contributed by atoms with Gasteiger partial charge in [-0.1, -0.05) is 127 Å². The van der Waals surface area contributed by atoms with Gasteiger partial charge in [0.15, 0.2) is 17.5 Å². The minimum atomic E-state index is 0.562. The standard InChI is InChI=1S/C51H30N4O2/c1-3-13-31(14-4-1)33-17-11-18-35(27-33)55-42-22-9-7-19-36(42)40-30-47-41(29-43(40)55)48-39(21-12-24-45(48)57-47)51-53-49(32-15-5-2-6-16-32)52-50(54-51)34-25-26-38-37-20-8-10-23-44(37)56-46(38)28-34/h1-30H. The summed E-state index contributed by atoms with van der Waals surface area (Å²) in [4.78, 5) is 15.4. The van der Waals surface area contributed by atoms with Crippen LogP contribution in [-0.2, 0) is 0 Å². The molecule has 266 valence electrons. The molecule has 6 nitrogen and oxygen atoms in total. The summed E-state index contributed by atoms with van der Waals surface area (Å²) < 4.78 is 15.3. The van der Waals surface area contributed by atoms with Crippen molar-refractivity contribution in [3.63, 3.8) is 0 Å². The Balaban J connectivity index is 1.09. The van der Waals surface area contributed by atoms with E-state index >= 15 is 0 Å². The van der Waals surface area contributed by atoms with Gasteiger partial charge < -0.3 is 13.4 Å². The van der Waals surface area contributed by atoms with Crippen molar-refractivity contribution in [1.29, 1.82) is 0 Å². The lowest BCUT2D eigenvalue weighted by molar-refractivity contribution is 0.669. The maximum atomic E-state index is 6.68. The van der Waals surface area contributed by atoms with Crippen LogP contribution < -0.4 is 0 Å². The van der Waals surface area contributed by atoms with E-state index in [2.05, 4.69) is 120 Å². The molecule has 4 heterocycles. The maximum absolute atomic E-state index is 6.68. The molecule has 0 fully saturated rings. The van der Waals surface area contributed by atoms with Gasteiger partial charge in [-0.25, -0.2) is 15.0 Å². The molecular weight excluding hydrogens is 701 g/mol. The summed E-state index contributed by atoms with van der Waals surface area (Å²) in [6, 6.07) is 62.8. The van der Waals surface area contributed by atoms with Crippen LogP contribution in [0.5, 0.6) is 0 Å². The Morgan fingerprint density at radius 1 is 0.333 bits per heavy atom. The molecule has 0 spiro atoms. The van der Waals surface area contributed by atoms with E-state index in [4.69, 9.17) is 23.8 Å². The molecule has 12 rings (SSSR count). The third kappa shape index (κ3) is 5.01. The topological polar surface area (TPSA) is 69.9 Å². The maximum Gasteiger partial charge on any atom is 0.164 e. The van der Waals surface area contributed by atoms with Crippen molar-refractivity contribution in [2.24, 2.45) is 0 Å². The lowest BCUT2D eigenvalue weighted by atomic mass is 10.0. The highest BCUT2D eigenvalue weighted by atomic mass is 16.3. The van der Waals surface area contributed by atoms with E-state index in [-0.39, 0.29) is 0 Å². The highest BCUT2D eigenvalue weighted by Crippen LogP contribution is 2.42. The summed E-state index contributed by atoms with van der Waals surface area (Å²) in [6.07, 6.45) is 0. The first-order valence-electron chi connectivity index (χ1n) is 19.0. The van der Waals surface area contributed by atoms with Crippen LogP contribution >= 0.6 is 0 Å². The van der Waals surface area contributed by atoms with Gasteiger partial charge >= 0.3 is 0 Å². The smallest absolute Gasteiger partial charge is 0.164 e. The Labute approximate surface area is 325 Å². The second kappa shape index (κ2) is 12.3. The third-order valence-corrected chi connectivity index (χ3v) is 11.0. The van der Waals surface area contributed by atoms with Gasteiger partial charge in [-0.15, -0.1) is 0 Å². The second-order valence-electron chi connectivity index (χ2n) is 14.4. The summed E-state index contributed by atoms with van der Waals surface area (Å²) in [5.41, 5.74) is 11.5. The first kappa shape index (κ1) is 31.5. The van der Waals surface area contributed by atoms with Gasteiger partial charge in [-0.05, 0) is 65.7 Å². The molecule has 0 N–H and O–H groups in total. The molecule has 0 atom stereocenters. The molecule has 4 aromatic heterocycles. The Kier molecular flexibility index (Phi) is 6.83. The van der Waals surface area contributed by atoms with Crippen LogP contribution in [0.4, 0.5) is 0 Å². The minimum Gasteiger partial charge on any atom is -0.456 e. The first-order valence-corrected chi connectivity index (χ1v) is 19.0. The predicted octanol–water partition coefficient (Wildman–Crippen LogP) is 13.4. The summed E-state index contributed by atoms with van der Waals surface area (Å²) in [5.74, 6) is 1.71. The van der Waals surface area contributed by atoms with E-state index in [1.807, 2.05) is 66.7 Å². The van der Waals surface area contributed by atoms with Crippen LogP contribution in [0.15, 0.2) is 191 Å². The molecular formula is C51H30N4O2. The van der Waals surface area contributed by atoms with Crippen molar-refractivity contribution in [1.82, 2.24) is 19.5 Å². The van der Waals surface area contributed by atoms with E-state index in [1.54, 1.807) is 0 Å². The zero-order valence-electron chi connectivity index (χ0n) is 30.4. The zero-order valence-corrected chi connectivity index (χ0v) is 30.4. The fraction of sp³-hybridized carbons (Fsp3) is 0. The van der Waals surface area contributed by atoms with Crippen LogP contribution in [0, 0.1) is 0 Å². The van der Waals surface area contributed by atoms with E-state index in [9.17, 15) is 0 Å². The van der Waals surface area contributed by atoms with E-state index < -0.39 is 0 Å². The third-order valence-electron chi connectivity index (χ3n) is 11.0. The number of nitrogens with zero attached hydrogens (tertiary/aromatic N) is 4. The van der Waals surface area contributed by atoms with Gasteiger partial charge in [0, 0.05) is 54.7 Å². The number of rotatable bonds is 5. The van der Waals surface area contributed by atoms with Crippen LogP contribution in [-0.4, -0.2) is 19.5 Å². The highest BCUT2D eigenvalue weighted by molar-refractivity contribution is 6.19. The fourth-order valence-electron chi connectivity index (χ4n) is 8.41. The average Bonchev–Trinajstić information content (AvgIpc) is 3.95. The summed E-state index contributed by atoms with van der Waals surface area (Å²) in [7, 11) is 0. The van der Waals surface area contributed by atoms with Crippen LogP contribution in [0.25, 0.3) is 117 Å². The zero-order chi connectivity index (χ0) is 37.5. The molecule has 0 aliphatic heterocycles. The lowest BCUT2D eigenvalue weighted by Gasteiger charge is -2.11. The molecule has 6 heteroatoms. The van der Waals surface area contributed by atoms with Crippen molar-refractivity contribution >= 4 is 65.7 Å². The molecule has 0 aliphatic carbocycles. The van der Waals surface area contributed by atoms with Crippen LogP contribution in [0.1, 0.15) is 0 Å². The van der Waals surface area contributed by atoms with Crippen molar-refractivity contribution in [3.05, 3.63) is 182 Å². The monoisotopic (exact) mass is 730 g/mol. The molecule has 0 saturated heterocycles. The summed E-state index contributed by atoms with van der Waals surface area (Å²) in [6.45, 7) is 0. The second-order valence-corrected chi connectivity index (χ2v) is 14.4. The molecule has 0 aliphatic rings.